The molecule has 1 aliphatic heterocycles. The Hall–Kier alpha value is -2.91. The third-order valence-electron chi connectivity index (χ3n) is 6.42. The number of amides is 2. The van der Waals surface area contributed by atoms with Crippen molar-refractivity contribution < 1.29 is 23.8 Å². The predicted octanol–water partition coefficient (Wildman–Crippen LogP) is 3.72. The number of ether oxygens (including phenoxy) is 3. The first-order valence-electron chi connectivity index (χ1n) is 11.5. The van der Waals surface area contributed by atoms with Crippen LogP contribution in [0.4, 0.5) is 0 Å². The summed E-state index contributed by atoms with van der Waals surface area (Å²) in [6, 6.07) is 9.16. The van der Waals surface area contributed by atoms with Crippen molar-refractivity contribution in [2.24, 2.45) is 11.0 Å². The SMILES string of the molecule is COCCN(CC(=O)N1N=C(c2cccs2)C[C@@H]1c1cc(OC)ccc1OC)C(=O)C1CCC1. The first-order chi connectivity index (χ1) is 16.5. The van der Waals surface area contributed by atoms with Crippen molar-refractivity contribution in [3.8, 4) is 11.5 Å². The van der Waals surface area contributed by atoms with Gasteiger partial charge in [0.05, 0.1) is 37.5 Å². The fraction of sp³-hybridized carbons (Fsp3) is 0.480. The van der Waals surface area contributed by atoms with Crippen molar-refractivity contribution >= 4 is 28.9 Å². The van der Waals surface area contributed by atoms with Gasteiger partial charge in [0.25, 0.3) is 5.91 Å². The highest BCUT2D eigenvalue weighted by molar-refractivity contribution is 7.12. The molecule has 0 spiro atoms. The van der Waals surface area contributed by atoms with Gasteiger partial charge in [-0.25, -0.2) is 5.01 Å². The fourth-order valence-corrected chi connectivity index (χ4v) is 5.01. The Kier molecular flexibility index (Phi) is 7.84. The molecule has 0 N–H and O–H groups in total. The van der Waals surface area contributed by atoms with Crippen LogP contribution in [0.3, 0.4) is 0 Å². The molecule has 1 aromatic carbocycles. The smallest absolute Gasteiger partial charge is 0.262 e. The number of hydrogen-bond acceptors (Lipinski definition) is 7. The lowest BCUT2D eigenvalue weighted by Crippen LogP contribution is -2.46. The molecule has 1 aromatic heterocycles. The largest absolute Gasteiger partial charge is 0.497 e. The van der Waals surface area contributed by atoms with E-state index in [1.807, 2.05) is 35.7 Å². The van der Waals surface area contributed by atoms with Gasteiger partial charge in [0, 0.05) is 31.6 Å². The molecule has 8 nitrogen and oxygen atoms in total. The van der Waals surface area contributed by atoms with Gasteiger partial charge < -0.3 is 19.1 Å². The molecule has 2 heterocycles. The van der Waals surface area contributed by atoms with Gasteiger partial charge in [0.2, 0.25) is 5.91 Å². The van der Waals surface area contributed by atoms with Crippen LogP contribution in [0.1, 0.15) is 42.2 Å². The second-order valence-corrected chi connectivity index (χ2v) is 9.42. The number of nitrogens with zero attached hydrogens (tertiary/aromatic N) is 3. The van der Waals surface area contributed by atoms with E-state index in [0.717, 1.165) is 35.4 Å². The Morgan fingerprint density at radius 1 is 1.18 bits per heavy atom. The molecular weight excluding hydrogens is 454 g/mol. The van der Waals surface area contributed by atoms with Crippen LogP contribution in [0.5, 0.6) is 11.5 Å². The van der Waals surface area contributed by atoms with Crippen LogP contribution in [-0.2, 0) is 14.3 Å². The van der Waals surface area contributed by atoms with Gasteiger partial charge in [0.1, 0.15) is 18.0 Å². The average Bonchev–Trinajstić information content (AvgIpc) is 3.50. The normalized spacial score (nSPS) is 17.8. The molecule has 1 atom stereocenters. The van der Waals surface area contributed by atoms with E-state index in [-0.39, 0.29) is 30.3 Å². The molecule has 0 bridgehead atoms. The van der Waals surface area contributed by atoms with E-state index in [9.17, 15) is 9.59 Å². The van der Waals surface area contributed by atoms with Crippen molar-refractivity contribution in [2.45, 2.75) is 31.7 Å². The summed E-state index contributed by atoms with van der Waals surface area (Å²) in [7, 11) is 4.81. The van der Waals surface area contributed by atoms with Crippen LogP contribution in [0.15, 0.2) is 40.8 Å². The molecule has 2 aromatic rings. The highest BCUT2D eigenvalue weighted by atomic mass is 32.1. The Morgan fingerprint density at radius 2 is 2.00 bits per heavy atom. The van der Waals surface area contributed by atoms with Crippen molar-refractivity contribution in [3.63, 3.8) is 0 Å². The summed E-state index contributed by atoms with van der Waals surface area (Å²) < 4.78 is 16.2. The van der Waals surface area contributed by atoms with Gasteiger partial charge in [-0.1, -0.05) is 12.5 Å². The molecule has 182 valence electrons. The standard InChI is InChI=1S/C25H31N3O5S/c1-31-12-11-27(25(30)17-6-4-7-17)16-24(29)28-21(15-20(26-28)23-8-5-13-34-23)19-14-18(32-2)9-10-22(19)33-3/h5,8-10,13-14,17,21H,4,6-7,11-12,15-16H2,1-3H3/t21-/m1/s1. The molecule has 2 aliphatic rings. The van der Waals surface area contributed by atoms with Crippen molar-refractivity contribution in [1.29, 1.82) is 0 Å². The summed E-state index contributed by atoms with van der Waals surface area (Å²) >= 11 is 1.59. The minimum atomic E-state index is -0.363. The van der Waals surface area contributed by atoms with Crippen molar-refractivity contribution in [3.05, 3.63) is 46.2 Å². The minimum Gasteiger partial charge on any atom is -0.497 e. The zero-order valence-electron chi connectivity index (χ0n) is 19.9. The zero-order chi connectivity index (χ0) is 24.1. The topological polar surface area (TPSA) is 80.7 Å². The highest BCUT2D eigenvalue weighted by Gasteiger charge is 2.37. The van der Waals surface area contributed by atoms with Crippen LogP contribution < -0.4 is 9.47 Å². The maximum atomic E-state index is 13.6. The van der Waals surface area contributed by atoms with E-state index in [2.05, 4.69) is 0 Å². The lowest BCUT2D eigenvalue weighted by Gasteiger charge is -2.32. The van der Waals surface area contributed by atoms with Crippen molar-refractivity contribution in [1.82, 2.24) is 9.91 Å². The van der Waals surface area contributed by atoms with E-state index in [0.29, 0.717) is 31.1 Å². The maximum absolute atomic E-state index is 13.6. The Labute approximate surface area is 204 Å². The summed E-state index contributed by atoms with van der Waals surface area (Å²) in [6.45, 7) is 0.714. The second-order valence-electron chi connectivity index (χ2n) is 8.47. The lowest BCUT2D eigenvalue weighted by molar-refractivity contribution is -0.146. The Bertz CT molecular complexity index is 1040. The van der Waals surface area contributed by atoms with E-state index in [1.165, 1.54) is 5.01 Å². The highest BCUT2D eigenvalue weighted by Crippen LogP contribution is 2.40. The third kappa shape index (κ3) is 5.10. The summed E-state index contributed by atoms with van der Waals surface area (Å²) in [5, 5.41) is 8.24. The minimum absolute atomic E-state index is 0.00249. The molecule has 0 unspecified atom stereocenters. The number of rotatable bonds is 10. The molecule has 4 rings (SSSR count). The van der Waals surface area contributed by atoms with E-state index < -0.39 is 0 Å². The summed E-state index contributed by atoms with van der Waals surface area (Å²) in [4.78, 5) is 29.3. The van der Waals surface area contributed by atoms with Crippen molar-refractivity contribution in [2.75, 3.05) is 41.0 Å². The van der Waals surface area contributed by atoms with Gasteiger partial charge in [-0.05, 0) is 42.5 Å². The van der Waals surface area contributed by atoms with Crippen LogP contribution in [0, 0.1) is 5.92 Å². The van der Waals surface area contributed by atoms with Crippen LogP contribution in [0.2, 0.25) is 0 Å². The zero-order valence-corrected chi connectivity index (χ0v) is 20.7. The molecule has 34 heavy (non-hydrogen) atoms. The Balaban J connectivity index is 1.63. The molecule has 1 aliphatic carbocycles. The summed E-state index contributed by atoms with van der Waals surface area (Å²) in [6.07, 6.45) is 3.36. The number of thiophene rings is 1. The number of carbonyl (C=O) groups excluding carboxylic acids is 2. The molecule has 0 radical (unpaired) electrons. The van der Waals surface area contributed by atoms with E-state index >= 15 is 0 Å². The first kappa shape index (κ1) is 24.2. The first-order valence-corrected chi connectivity index (χ1v) is 12.4. The molecule has 1 saturated carbocycles. The summed E-state index contributed by atoms with van der Waals surface area (Å²) in [5.74, 6) is 1.13. The monoisotopic (exact) mass is 485 g/mol. The van der Waals surface area contributed by atoms with Gasteiger partial charge in [-0.3, -0.25) is 9.59 Å². The van der Waals surface area contributed by atoms with Gasteiger partial charge in [-0.15, -0.1) is 11.3 Å². The molecule has 1 fully saturated rings. The van der Waals surface area contributed by atoms with Crippen LogP contribution in [-0.4, -0.2) is 68.5 Å². The number of carbonyl (C=O) groups is 2. The quantitative estimate of drug-likeness (QED) is 0.512. The van der Waals surface area contributed by atoms with Gasteiger partial charge >= 0.3 is 0 Å². The van der Waals surface area contributed by atoms with Gasteiger partial charge in [0.15, 0.2) is 0 Å². The molecular formula is C25H31N3O5S. The second kappa shape index (κ2) is 11.0. The summed E-state index contributed by atoms with van der Waals surface area (Å²) in [5.41, 5.74) is 1.66. The Morgan fingerprint density at radius 3 is 2.62 bits per heavy atom. The van der Waals surface area contributed by atoms with Crippen LogP contribution in [0.25, 0.3) is 0 Å². The molecule has 0 saturated heterocycles. The average molecular weight is 486 g/mol. The third-order valence-corrected chi connectivity index (χ3v) is 7.34. The molecule has 2 amide bonds. The van der Waals surface area contributed by atoms with Gasteiger partial charge in [-0.2, -0.15) is 5.10 Å². The number of hydrogen-bond donors (Lipinski definition) is 0. The van der Waals surface area contributed by atoms with E-state index in [1.54, 1.807) is 37.6 Å². The lowest BCUT2D eigenvalue weighted by atomic mass is 9.84. The number of benzene rings is 1. The van der Waals surface area contributed by atoms with E-state index in [4.69, 9.17) is 19.3 Å². The number of hydrazone groups is 1. The van der Waals surface area contributed by atoms with Crippen LogP contribution >= 0.6 is 11.3 Å². The fourth-order valence-electron chi connectivity index (χ4n) is 4.29. The molecule has 9 heteroatoms. The predicted molar refractivity (Wildman–Crippen MR) is 130 cm³/mol. The number of methoxy groups -OCH3 is 3. The maximum Gasteiger partial charge on any atom is 0.262 e.